The molecule has 3 rings (SSSR count). The molecule has 1 aliphatic heterocycles. The highest BCUT2D eigenvalue weighted by Crippen LogP contribution is 2.24. The third kappa shape index (κ3) is 3.29. The number of ether oxygens (including phenoxy) is 1. The van der Waals surface area contributed by atoms with Crippen LogP contribution in [0.15, 0.2) is 17.2 Å². The van der Waals surface area contributed by atoms with Crippen molar-refractivity contribution in [1.82, 2.24) is 19.5 Å². The van der Waals surface area contributed by atoms with Crippen LogP contribution < -0.4 is 5.56 Å². The lowest BCUT2D eigenvalue weighted by atomic mass is 10.1. The van der Waals surface area contributed by atoms with Gasteiger partial charge < -0.3 is 14.6 Å². The molecule has 0 saturated carbocycles. The lowest BCUT2D eigenvalue weighted by Crippen LogP contribution is -2.33. The number of likely N-dealkylation sites (tertiary alicyclic amines) is 1. The standard InChI is InChI=1S/C17H22N4O4/c1-10-12(13-14(22)18-6-8-21(13)19-10)15(23)20-7-5-11(9-20)16(24)25-17(2,3)4/h6,8,11H,5,7,9H2,1-4H3,(H,18,22). The summed E-state index contributed by atoms with van der Waals surface area (Å²) >= 11 is 0. The smallest absolute Gasteiger partial charge is 0.311 e. The SMILES string of the molecule is Cc1nn2cc[nH]c(=O)c2c1C(=O)N1CCC(C(=O)OC(C)(C)C)C1. The van der Waals surface area contributed by atoms with E-state index in [2.05, 4.69) is 10.1 Å². The van der Waals surface area contributed by atoms with Gasteiger partial charge in [-0.15, -0.1) is 0 Å². The largest absolute Gasteiger partial charge is 0.460 e. The van der Waals surface area contributed by atoms with Crippen molar-refractivity contribution < 1.29 is 14.3 Å². The average Bonchev–Trinajstić information content (AvgIpc) is 3.09. The number of hydrogen-bond acceptors (Lipinski definition) is 5. The maximum absolute atomic E-state index is 12.9. The summed E-state index contributed by atoms with van der Waals surface area (Å²) in [5.41, 5.74) is 0.0788. The van der Waals surface area contributed by atoms with Crippen LogP contribution in [-0.2, 0) is 9.53 Å². The minimum Gasteiger partial charge on any atom is -0.460 e. The molecule has 1 aliphatic rings. The summed E-state index contributed by atoms with van der Waals surface area (Å²) in [5, 5.41) is 4.23. The maximum Gasteiger partial charge on any atom is 0.311 e. The number of carbonyl (C=O) groups excluding carboxylic acids is 2. The molecule has 8 heteroatoms. The molecule has 1 saturated heterocycles. The van der Waals surface area contributed by atoms with Crippen molar-refractivity contribution in [3.63, 3.8) is 0 Å². The van der Waals surface area contributed by atoms with E-state index in [9.17, 15) is 14.4 Å². The Kier molecular flexibility index (Phi) is 4.14. The number of carbonyl (C=O) groups is 2. The zero-order valence-electron chi connectivity index (χ0n) is 14.8. The fourth-order valence-corrected chi connectivity index (χ4v) is 3.06. The highest BCUT2D eigenvalue weighted by atomic mass is 16.6. The van der Waals surface area contributed by atoms with Crippen molar-refractivity contribution in [2.24, 2.45) is 5.92 Å². The number of H-pyrrole nitrogens is 1. The van der Waals surface area contributed by atoms with Crippen LogP contribution in [0.1, 0.15) is 43.2 Å². The summed E-state index contributed by atoms with van der Waals surface area (Å²) in [6, 6.07) is 0. The van der Waals surface area contributed by atoms with E-state index in [1.54, 1.807) is 18.0 Å². The molecule has 134 valence electrons. The number of aromatic amines is 1. The molecule has 2 aromatic rings. The van der Waals surface area contributed by atoms with Crippen LogP contribution >= 0.6 is 0 Å². The molecular weight excluding hydrogens is 324 g/mol. The maximum atomic E-state index is 12.9. The number of hydrogen-bond donors (Lipinski definition) is 1. The Balaban J connectivity index is 1.83. The first-order valence-corrected chi connectivity index (χ1v) is 8.26. The second-order valence-electron chi connectivity index (χ2n) is 7.31. The van der Waals surface area contributed by atoms with Crippen molar-refractivity contribution >= 4 is 17.4 Å². The first kappa shape index (κ1) is 17.2. The topological polar surface area (TPSA) is 96.8 Å². The van der Waals surface area contributed by atoms with Gasteiger partial charge in [0.05, 0.1) is 17.2 Å². The van der Waals surface area contributed by atoms with Gasteiger partial charge in [-0.3, -0.25) is 14.4 Å². The molecule has 2 aromatic heterocycles. The number of fused-ring (bicyclic) bond motifs is 1. The van der Waals surface area contributed by atoms with Gasteiger partial charge >= 0.3 is 5.97 Å². The second-order valence-corrected chi connectivity index (χ2v) is 7.31. The lowest BCUT2D eigenvalue weighted by molar-refractivity contribution is -0.159. The second kappa shape index (κ2) is 6.02. The van der Waals surface area contributed by atoms with E-state index in [4.69, 9.17) is 4.74 Å². The van der Waals surface area contributed by atoms with E-state index in [1.165, 1.54) is 10.7 Å². The highest BCUT2D eigenvalue weighted by Gasteiger charge is 2.35. The fraction of sp³-hybridized carbons (Fsp3) is 0.529. The molecule has 1 unspecified atom stereocenters. The number of aryl methyl sites for hydroxylation is 1. The Morgan fingerprint density at radius 1 is 1.36 bits per heavy atom. The first-order chi connectivity index (χ1) is 11.7. The molecule has 0 bridgehead atoms. The number of nitrogens with one attached hydrogen (secondary N) is 1. The minimum absolute atomic E-state index is 0.228. The Hall–Kier alpha value is -2.64. The van der Waals surface area contributed by atoms with Gasteiger partial charge in [0.25, 0.3) is 11.5 Å². The van der Waals surface area contributed by atoms with E-state index < -0.39 is 5.60 Å². The number of aromatic nitrogens is 3. The number of rotatable bonds is 2. The zero-order valence-corrected chi connectivity index (χ0v) is 14.8. The van der Waals surface area contributed by atoms with Crippen LogP contribution in [0.5, 0.6) is 0 Å². The molecule has 1 fully saturated rings. The van der Waals surface area contributed by atoms with E-state index in [1.807, 2.05) is 20.8 Å². The van der Waals surface area contributed by atoms with Crippen molar-refractivity contribution in [2.45, 2.75) is 39.7 Å². The molecule has 3 heterocycles. The summed E-state index contributed by atoms with van der Waals surface area (Å²) in [6.45, 7) is 7.88. The van der Waals surface area contributed by atoms with Gasteiger partial charge in [0.1, 0.15) is 11.1 Å². The summed E-state index contributed by atoms with van der Waals surface area (Å²) in [6.07, 6.45) is 3.62. The average molecular weight is 346 g/mol. The van der Waals surface area contributed by atoms with Gasteiger partial charge in [0.15, 0.2) is 0 Å². The van der Waals surface area contributed by atoms with Crippen LogP contribution in [0.3, 0.4) is 0 Å². The summed E-state index contributed by atoms with van der Waals surface area (Å²) < 4.78 is 6.81. The number of amides is 1. The Labute approximate surface area is 144 Å². The van der Waals surface area contributed by atoms with Crippen LogP contribution in [0, 0.1) is 12.8 Å². The molecular formula is C17H22N4O4. The van der Waals surface area contributed by atoms with Crippen LogP contribution in [0.25, 0.3) is 5.52 Å². The predicted octanol–water partition coefficient (Wildman–Crippen LogP) is 1.13. The zero-order chi connectivity index (χ0) is 18.4. The lowest BCUT2D eigenvalue weighted by Gasteiger charge is -2.22. The molecule has 0 spiro atoms. The van der Waals surface area contributed by atoms with Crippen LogP contribution in [-0.4, -0.2) is 50.1 Å². The van der Waals surface area contributed by atoms with Gasteiger partial charge in [-0.2, -0.15) is 5.10 Å². The van der Waals surface area contributed by atoms with E-state index in [0.717, 1.165) is 0 Å². The van der Waals surface area contributed by atoms with Crippen molar-refractivity contribution in [2.75, 3.05) is 13.1 Å². The van der Waals surface area contributed by atoms with Crippen molar-refractivity contribution in [3.8, 4) is 0 Å². The minimum atomic E-state index is -0.555. The first-order valence-electron chi connectivity index (χ1n) is 8.26. The third-order valence-corrected chi connectivity index (χ3v) is 4.16. The van der Waals surface area contributed by atoms with E-state index >= 15 is 0 Å². The molecule has 0 radical (unpaired) electrons. The van der Waals surface area contributed by atoms with Gasteiger partial charge in [0, 0.05) is 25.5 Å². The van der Waals surface area contributed by atoms with E-state index in [-0.39, 0.29) is 41.0 Å². The number of nitrogens with zero attached hydrogens (tertiary/aromatic N) is 3. The summed E-state index contributed by atoms with van der Waals surface area (Å²) in [4.78, 5) is 41.4. The monoisotopic (exact) mass is 346 g/mol. The molecule has 0 aromatic carbocycles. The van der Waals surface area contributed by atoms with Crippen molar-refractivity contribution in [1.29, 1.82) is 0 Å². The van der Waals surface area contributed by atoms with Crippen molar-refractivity contribution in [3.05, 3.63) is 34.0 Å². The predicted molar refractivity (Wildman–Crippen MR) is 90.4 cm³/mol. The highest BCUT2D eigenvalue weighted by molar-refractivity contribution is 6.02. The van der Waals surface area contributed by atoms with Gasteiger partial charge in [-0.05, 0) is 34.1 Å². The Bertz CT molecular complexity index is 890. The van der Waals surface area contributed by atoms with E-state index in [0.29, 0.717) is 18.7 Å². The summed E-state index contributed by atoms with van der Waals surface area (Å²) in [7, 11) is 0. The van der Waals surface area contributed by atoms with Crippen LogP contribution in [0.4, 0.5) is 0 Å². The quantitative estimate of drug-likeness (QED) is 0.823. The Morgan fingerprint density at radius 3 is 2.76 bits per heavy atom. The normalized spacial score (nSPS) is 17.9. The molecule has 1 amide bonds. The van der Waals surface area contributed by atoms with Crippen LogP contribution in [0.2, 0.25) is 0 Å². The molecule has 1 N–H and O–H groups in total. The third-order valence-electron chi connectivity index (χ3n) is 4.16. The molecule has 1 atom stereocenters. The number of esters is 1. The summed E-state index contributed by atoms with van der Waals surface area (Å²) in [5.74, 6) is -0.920. The molecule has 8 nitrogen and oxygen atoms in total. The Morgan fingerprint density at radius 2 is 2.08 bits per heavy atom. The molecule has 0 aliphatic carbocycles. The fourth-order valence-electron chi connectivity index (χ4n) is 3.06. The van der Waals surface area contributed by atoms with Gasteiger partial charge in [-0.1, -0.05) is 0 Å². The van der Waals surface area contributed by atoms with Gasteiger partial charge in [0.2, 0.25) is 0 Å². The van der Waals surface area contributed by atoms with Gasteiger partial charge in [-0.25, -0.2) is 4.52 Å². The molecule has 25 heavy (non-hydrogen) atoms.